The lowest BCUT2D eigenvalue weighted by Crippen LogP contribution is -2.49. The molecule has 1 atom stereocenters. The maximum Gasteiger partial charge on any atom is 0.252 e. The quantitative estimate of drug-likeness (QED) is 0.287. The minimum atomic E-state index is -1.72. The van der Waals surface area contributed by atoms with Gasteiger partial charge in [-0.15, -0.1) is 0 Å². The molecule has 7 heteroatoms. The lowest BCUT2D eigenvalue weighted by Gasteiger charge is -2.27. The molecule has 1 amide bonds. The van der Waals surface area contributed by atoms with Crippen LogP contribution in [0.2, 0.25) is 0 Å². The molecule has 0 saturated heterocycles. The van der Waals surface area contributed by atoms with Crippen molar-refractivity contribution >= 4 is 69.0 Å². The van der Waals surface area contributed by atoms with E-state index in [2.05, 4.69) is 54.0 Å². The summed E-state index contributed by atoms with van der Waals surface area (Å²) in [6.07, 6.45) is -0.887. The summed E-state index contributed by atoms with van der Waals surface area (Å²) < 4.78 is -0.633. The first-order valence-corrected chi connectivity index (χ1v) is 10.2. The van der Waals surface area contributed by atoms with Crippen LogP contribution in [0.15, 0.2) is 48.5 Å². The highest BCUT2D eigenvalue weighted by molar-refractivity contribution is 14.1. The van der Waals surface area contributed by atoms with Gasteiger partial charge in [0, 0.05) is 14.8 Å². The molecule has 26 heavy (non-hydrogen) atoms. The van der Waals surface area contributed by atoms with Crippen molar-refractivity contribution in [3.63, 3.8) is 0 Å². The summed E-state index contributed by atoms with van der Waals surface area (Å²) in [7, 11) is 0. The fourth-order valence-electron chi connectivity index (χ4n) is 2.25. The van der Waals surface area contributed by atoms with E-state index in [4.69, 9.17) is 34.8 Å². The Morgan fingerprint density at radius 2 is 1.50 bits per heavy atom. The van der Waals surface area contributed by atoms with E-state index < -0.39 is 9.96 Å². The number of anilines is 1. The molecule has 0 aliphatic heterocycles. The van der Waals surface area contributed by atoms with Gasteiger partial charge < -0.3 is 10.6 Å². The molecule has 2 aromatic rings. The fraction of sp³-hybridized carbons (Fsp3) is 0.316. The van der Waals surface area contributed by atoms with Crippen molar-refractivity contribution < 1.29 is 4.79 Å². The molecule has 3 nitrogen and oxygen atoms in total. The van der Waals surface area contributed by atoms with Crippen LogP contribution in [0.1, 0.15) is 36.7 Å². The Labute approximate surface area is 182 Å². The normalized spacial score (nSPS) is 13.2. The van der Waals surface area contributed by atoms with Crippen LogP contribution in [-0.4, -0.2) is 15.9 Å². The Morgan fingerprint density at radius 1 is 0.962 bits per heavy atom. The molecular weight excluding hydrogens is 505 g/mol. The Morgan fingerprint density at radius 3 is 1.96 bits per heavy atom. The van der Waals surface area contributed by atoms with E-state index in [1.165, 1.54) is 0 Å². The van der Waals surface area contributed by atoms with Gasteiger partial charge in [0.25, 0.3) is 5.91 Å². The maximum absolute atomic E-state index is 12.6. The highest BCUT2D eigenvalue weighted by Gasteiger charge is 2.34. The van der Waals surface area contributed by atoms with Crippen LogP contribution in [-0.2, 0) is 5.41 Å². The van der Waals surface area contributed by atoms with Gasteiger partial charge in [-0.3, -0.25) is 4.79 Å². The van der Waals surface area contributed by atoms with Gasteiger partial charge in [0.05, 0.1) is 0 Å². The smallest absolute Gasteiger partial charge is 0.252 e. The third-order valence-corrected chi connectivity index (χ3v) is 5.14. The molecule has 0 aliphatic carbocycles. The van der Waals surface area contributed by atoms with Crippen molar-refractivity contribution in [2.24, 2.45) is 0 Å². The van der Waals surface area contributed by atoms with E-state index >= 15 is 0 Å². The second-order valence-corrected chi connectivity index (χ2v) is 10.5. The van der Waals surface area contributed by atoms with Crippen LogP contribution in [0.3, 0.4) is 0 Å². The SMILES string of the molecule is CC(C)(C)c1ccc(C(=O)N[C@@H](Nc2ccc(I)cc2)C(Cl)(Cl)Cl)cc1. The Hall–Kier alpha value is -0.690. The molecule has 0 fully saturated rings. The molecular formula is C19H20Cl3IN2O. The predicted octanol–water partition coefficient (Wildman–Crippen LogP) is 6.13. The Bertz CT molecular complexity index is 750. The molecule has 2 N–H and O–H groups in total. The van der Waals surface area contributed by atoms with Gasteiger partial charge in [0.1, 0.15) is 6.17 Å². The summed E-state index contributed by atoms with van der Waals surface area (Å²) in [5, 5.41) is 5.80. The molecule has 0 radical (unpaired) electrons. The summed E-state index contributed by atoms with van der Waals surface area (Å²) in [6, 6.07) is 15.0. The largest absolute Gasteiger partial charge is 0.362 e. The van der Waals surface area contributed by atoms with Crippen LogP contribution in [0.4, 0.5) is 5.69 Å². The fourth-order valence-corrected chi connectivity index (χ4v) is 2.94. The molecule has 0 bridgehead atoms. The minimum absolute atomic E-state index is 0.0154. The molecule has 0 saturated carbocycles. The zero-order valence-corrected chi connectivity index (χ0v) is 19.0. The van der Waals surface area contributed by atoms with Crippen LogP contribution < -0.4 is 10.6 Å². The summed E-state index contributed by atoms with van der Waals surface area (Å²) in [4.78, 5) is 12.6. The van der Waals surface area contributed by atoms with E-state index in [0.717, 1.165) is 14.8 Å². The minimum Gasteiger partial charge on any atom is -0.362 e. The van der Waals surface area contributed by atoms with Crippen molar-refractivity contribution in [1.82, 2.24) is 5.32 Å². The van der Waals surface area contributed by atoms with Crippen LogP contribution in [0, 0.1) is 3.57 Å². The van der Waals surface area contributed by atoms with E-state index in [0.29, 0.717) is 5.56 Å². The van der Waals surface area contributed by atoms with Crippen molar-refractivity contribution in [3.05, 3.63) is 63.2 Å². The Balaban J connectivity index is 2.15. The summed E-state index contributed by atoms with van der Waals surface area (Å²) >= 11 is 20.4. The third kappa shape index (κ3) is 6.19. The van der Waals surface area contributed by atoms with Crippen LogP contribution >= 0.6 is 57.4 Å². The number of carbonyl (C=O) groups excluding carboxylic acids is 1. The number of benzene rings is 2. The van der Waals surface area contributed by atoms with E-state index in [1.54, 1.807) is 12.1 Å². The molecule has 0 spiro atoms. The highest BCUT2D eigenvalue weighted by atomic mass is 127. The van der Waals surface area contributed by atoms with Gasteiger partial charge in [-0.25, -0.2) is 0 Å². The van der Waals surface area contributed by atoms with Crippen molar-refractivity contribution in [3.8, 4) is 0 Å². The first kappa shape index (κ1) is 21.6. The van der Waals surface area contributed by atoms with Crippen molar-refractivity contribution in [1.29, 1.82) is 0 Å². The number of hydrogen-bond acceptors (Lipinski definition) is 2. The van der Waals surface area contributed by atoms with Gasteiger partial charge in [0.15, 0.2) is 0 Å². The molecule has 0 heterocycles. The summed E-state index contributed by atoms with van der Waals surface area (Å²) in [5.74, 6) is -0.320. The first-order valence-electron chi connectivity index (χ1n) is 7.97. The van der Waals surface area contributed by atoms with Crippen molar-refractivity contribution in [2.75, 3.05) is 5.32 Å². The Kier molecular flexibility index (Phi) is 7.10. The van der Waals surface area contributed by atoms with Gasteiger partial charge in [-0.2, -0.15) is 0 Å². The average molecular weight is 526 g/mol. The standard InChI is InChI=1S/C19H20Cl3IN2O/c1-18(2,3)13-6-4-12(5-7-13)16(26)25-17(19(20,21)22)24-15-10-8-14(23)9-11-15/h4-11,17,24H,1-3H3,(H,25,26)/t17-/m1/s1. The van der Waals surface area contributed by atoms with E-state index in [1.807, 2.05) is 36.4 Å². The second-order valence-electron chi connectivity index (χ2n) is 6.93. The average Bonchev–Trinajstić information content (AvgIpc) is 2.54. The third-order valence-electron chi connectivity index (χ3n) is 3.77. The molecule has 0 aromatic heterocycles. The number of nitrogens with one attached hydrogen (secondary N) is 2. The first-order chi connectivity index (χ1) is 12.0. The number of alkyl halides is 3. The number of rotatable bonds is 4. The number of carbonyl (C=O) groups is 1. The van der Waals surface area contributed by atoms with E-state index in [-0.39, 0.29) is 11.3 Å². The number of amides is 1. The number of hydrogen-bond donors (Lipinski definition) is 2. The van der Waals surface area contributed by atoms with Gasteiger partial charge in [-0.1, -0.05) is 67.7 Å². The second kappa shape index (κ2) is 8.55. The monoisotopic (exact) mass is 524 g/mol. The lowest BCUT2D eigenvalue weighted by molar-refractivity contribution is 0.0942. The van der Waals surface area contributed by atoms with E-state index in [9.17, 15) is 4.79 Å². The molecule has 140 valence electrons. The highest BCUT2D eigenvalue weighted by Crippen LogP contribution is 2.31. The molecule has 0 unspecified atom stereocenters. The summed E-state index contributed by atoms with van der Waals surface area (Å²) in [6.45, 7) is 6.35. The zero-order valence-electron chi connectivity index (χ0n) is 14.6. The van der Waals surface area contributed by atoms with Crippen LogP contribution in [0.25, 0.3) is 0 Å². The van der Waals surface area contributed by atoms with Gasteiger partial charge >= 0.3 is 0 Å². The summed E-state index contributed by atoms with van der Waals surface area (Å²) in [5.41, 5.74) is 2.40. The molecule has 2 aromatic carbocycles. The molecule has 2 rings (SSSR count). The van der Waals surface area contributed by atoms with Crippen molar-refractivity contribution in [2.45, 2.75) is 36.1 Å². The maximum atomic E-state index is 12.6. The molecule has 0 aliphatic rings. The predicted molar refractivity (Wildman–Crippen MR) is 119 cm³/mol. The van der Waals surface area contributed by atoms with Crippen LogP contribution in [0.5, 0.6) is 0 Å². The zero-order chi connectivity index (χ0) is 19.5. The number of halogens is 4. The van der Waals surface area contributed by atoms with Gasteiger partial charge in [0.2, 0.25) is 3.79 Å². The van der Waals surface area contributed by atoms with Gasteiger partial charge in [-0.05, 0) is 70.0 Å². The lowest BCUT2D eigenvalue weighted by atomic mass is 9.87. The topological polar surface area (TPSA) is 41.1 Å².